The van der Waals surface area contributed by atoms with Gasteiger partial charge in [-0.1, -0.05) is 0 Å². The molecular formula is C12H20N2O3S. The summed E-state index contributed by atoms with van der Waals surface area (Å²) >= 11 is 1.44. The van der Waals surface area contributed by atoms with Crippen molar-refractivity contribution >= 4 is 22.4 Å². The van der Waals surface area contributed by atoms with Crippen LogP contribution in [-0.4, -0.2) is 36.3 Å². The van der Waals surface area contributed by atoms with Crippen molar-refractivity contribution in [1.82, 2.24) is 4.98 Å². The van der Waals surface area contributed by atoms with Crippen LogP contribution in [0.1, 0.15) is 32.4 Å². The zero-order valence-corrected chi connectivity index (χ0v) is 11.8. The molecule has 0 aliphatic heterocycles. The molecule has 0 radical (unpaired) electrons. The molecular weight excluding hydrogens is 252 g/mol. The Morgan fingerprint density at radius 2 is 2.28 bits per heavy atom. The number of carbonyl (C=O) groups is 1. The molecule has 0 atom stereocenters. The smallest absolute Gasteiger partial charge is 0.315 e. The highest BCUT2D eigenvalue weighted by molar-refractivity contribution is 7.13. The molecule has 1 heterocycles. The number of unbranched alkanes of at least 4 members (excludes halogenated alkanes) is 1. The zero-order chi connectivity index (χ0) is 13.6. The van der Waals surface area contributed by atoms with E-state index in [-0.39, 0.29) is 0 Å². The van der Waals surface area contributed by atoms with Crippen LogP contribution >= 0.6 is 11.3 Å². The van der Waals surface area contributed by atoms with Crippen LogP contribution in [0.5, 0.6) is 0 Å². The van der Waals surface area contributed by atoms with Crippen molar-refractivity contribution in [3.05, 3.63) is 11.1 Å². The van der Waals surface area contributed by atoms with Crippen LogP contribution in [-0.2, 0) is 14.9 Å². The molecule has 0 aliphatic carbocycles. The molecule has 0 saturated carbocycles. The summed E-state index contributed by atoms with van der Waals surface area (Å²) in [6.07, 6.45) is 2.01. The molecule has 0 fully saturated rings. The van der Waals surface area contributed by atoms with Crippen molar-refractivity contribution < 1.29 is 14.6 Å². The third-order valence-corrected chi connectivity index (χ3v) is 3.53. The first kappa shape index (κ1) is 14.9. The van der Waals surface area contributed by atoms with Gasteiger partial charge in [0.2, 0.25) is 0 Å². The van der Waals surface area contributed by atoms with Gasteiger partial charge in [0, 0.05) is 25.6 Å². The van der Waals surface area contributed by atoms with E-state index in [4.69, 9.17) is 9.84 Å². The molecule has 18 heavy (non-hydrogen) atoms. The van der Waals surface area contributed by atoms with Gasteiger partial charge in [0.25, 0.3) is 0 Å². The molecule has 0 aliphatic rings. The van der Waals surface area contributed by atoms with Crippen LogP contribution in [0.3, 0.4) is 0 Å². The highest BCUT2D eigenvalue weighted by Crippen LogP contribution is 2.27. The number of aromatic nitrogens is 1. The lowest BCUT2D eigenvalue weighted by atomic mass is 9.90. The van der Waals surface area contributed by atoms with Gasteiger partial charge in [0.15, 0.2) is 5.13 Å². The second kappa shape index (κ2) is 6.70. The fourth-order valence-corrected chi connectivity index (χ4v) is 2.23. The normalized spacial score (nSPS) is 11.5. The minimum Gasteiger partial charge on any atom is -0.481 e. The van der Waals surface area contributed by atoms with E-state index in [1.165, 1.54) is 11.3 Å². The van der Waals surface area contributed by atoms with E-state index < -0.39 is 11.4 Å². The van der Waals surface area contributed by atoms with Crippen LogP contribution in [0.2, 0.25) is 0 Å². The predicted octanol–water partition coefficient (Wildman–Crippen LogP) is 2.34. The Balaban J connectivity index is 2.46. The number of nitrogens with one attached hydrogen (secondary N) is 1. The van der Waals surface area contributed by atoms with E-state index in [0.717, 1.165) is 31.1 Å². The first-order valence-electron chi connectivity index (χ1n) is 5.90. The minimum atomic E-state index is -0.938. The highest BCUT2D eigenvalue weighted by Gasteiger charge is 2.32. The summed E-state index contributed by atoms with van der Waals surface area (Å²) in [6, 6.07) is 0. The van der Waals surface area contributed by atoms with Crippen molar-refractivity contribution in [3.63, 3.8) is 0 Å². The molecule has 0 aromatic carbocycles. The molecule has 1 rings (SSSR count). The maximum atomic E-state index is 11.1. The van der Waals surface area contributed by atoms with E-state index >= 15 is 0 Å². The van der Waals surface area contributed by atoms with Crippen molar-refractivity contribution in [2.24, 2.45) is 0 Å². The third-order valence-electron chi connectivity index (χ3n) is 2.73. The highest BCUT2D eigenvalue weighted by atomic mass is 32.1. The lowest BCUT2D eigenvalue weighted by Gasteiger charge is -2.15. The number of carboxylic acid groups (broad SMARTS) is 1. The topological polar surface area (TPSA) is 71.5 Å². The maximum Gasteiger partial charge on any atom is 0.315 e. The molecule has 1 aromatic rings. The molecule has 5 nitrogen and oxygen atoms in total. The van der Waals surface area contributed by atoms with Crippen LogP contribution < -0.4 is 5.32 Å². The van der Waals surface area contributed by atoms with Gasteiger partial charge < -0.3 is 15.2 Å². The van der Waals surface area contributed by atoms with Crippen molar-refractivity contribution in [2.75, 3.05) is 25.6 Å². The average Bonchev–Trinajstić information content (AvgIpc) is 2.78. The Labute approximate surface area is 111 Å². The fraction of sp³-hybridized carbons (Fsp3) is 0.667. The van der Waals surface area contributed by atoms with Crippen LogP contribution in [0.25, 0.3) is 0 Å². The van der Waals surface area contributed by atoms with E-state index in [1.54, 1.807) is 26.3 Å². The number of nitrogens with zero attached hydrogens (tertiary/aromatic N) is 1. The summed E-state index contributed by atoms with van der Waals surface area (Å²) in [7, 11) is 1.69. The molecule has 0 bridgehead atoms. The summed E-state index contributed by atoms with van der Waals surface area (Å²) in [4.78, 5) is 15.4. The second-order valence-corrected chi connectivity index (χ2v) is 5.45. The standard InChI is InChI=1S/C12H20N2O3S/c1-12(2,10(15)16)9-8-18-11(14-9)13-6-4-5-7-17-3/h8H,4-7H2,1-3H3,(H,13,14)(H,15,16). The number of methoxy groups -OCH3 is 1. The third kappa shape index (κ3) is 3.96. The average molecular weight is 272 g/mol. The van der Waals surface area contributed by atoms with Crippen LogP contribution in [0.4, 0.5) is 5.13 Å². The van der Waals surface area contributed by atoms with Gasteiger partial charge in [0.1, 0.15) is 5.41 Å². The molecule has 6 heteroatoms. The summed E-state index contributed by atoms with van der Waals surface area (Å²) in [5.74, 6) is -0.862. The SMILES string of the molecule is COCCCCNc1nc(C(C)(C)C(=O)O)cs1. The van der Waals surface area contributed by atoms with Gasteiger partial charge in [-0.25, -0.2) is 4.98 Å². The number of ether oxygens (including phenoxy) is 1. The van der Waals surface area contributed by atoms with E-state index in [1.807, 2.05) is 0 Å². The molecule has 2 N–H and O–H groups in total. The van der Waals surface area contributed by atoms with Crippen LogP contribution in [0.15, 0.2) is 5.38 Å². The van der Waals surface area contributed by atoms with Gasteiger partial charge in [0.05, 0.1) is 5.69 Å². The molecule has 0 unspecified atom stereocenters. The van der Waals surface area contributed by atoms with Crippen molar-refractivity contribution in [1.29, 1.82) is 0 Å². The van der Waals surface area contributed by atoms with Gasteiger partial charge >= 0.3 is 5.97 Å². The molecule has 1 aromatic heterocycles. The lowest BCUT2D eigenvalue weighted by Crippen LogP contribution is -2.28. The first-order valence-corrected chi connectivity index (χ1v) is 6.78. The Morgan fingerprint density at radius 1 is 1.56 bits per heavy atom. The lowest BCUT2D eigenvalue weighted by molar-refractivity contribution is -0.142. The maximum absolute atomic E-state index is 11.1. The Hall–Kier alpha value is -1.14. The largest absolute Gasteiger partial charge is 0.481 e. The number of hydrogen-bond acceptors (Lipinski definition) is 5. The van der Waals surface area contributed by atoms with Gasteiger partial charge in [-0.3, -0.25) is 4.79 Å². The fourth-order valence-electron chi connectivity index (χ4n) is 1.32. The van der Waals surface area contributed by atoms with Gasteiger partial charge in [-0.15, -0.1) is 11.3 Å². The number of aliphatic carboxylic acids is 1. The van der Waals surface area contributed by atoms with Gasteiger partial charge in [-0.05, 0) is 26.7 Å². The first-order chi connectivity index (χ1) is 8.48. The Kier molecular flexibility index (Phi) is 5.55. The van der Waals surface area contributed by atoms with E-state index in [2.05, 4.69) is 10.3 Å². The Morgan fingerprint density at radius 3 is 2.89 bits per heavy atom. The number of carboxylic acids is 1. The molecule has 0 amide bonds. The molecule has 102 valence electrons. The quantitative estimate of drug-likeness (QED) is 0.711. The number of rotatable bonds is 8. The van der Waals surface area contributed by atoms with E-state index in [9.17, 15) is 4.79 Å². The molecule has 0 spiro atoms. The molecule has 0 saturated heterocycles. The number of thiazole rings is 1. The Bertz CT molecular complexity index is 390. The second-order valence-electron chi connectivity index (χ2n) is 4.59. The zero-order valence-electron chi connectivity index (χ0n) is 11.0. The number of hydrogen-bond donors (Lipinski definition) is 2. The van der Waals surface area contributed by atoms with Crippen LogP contribution in [0, 0.1) is 0 Å². The minimum absolute atomic E-state index is 0.597. The van der Waals surface area contributed by atoms with Crippen molar-refractivity contribution in [3.8, 4) is 0 Å². The predicted molar refractivity (Wildman–Crippen MR) is 72.4 cm³/mol. The monoisotopic (exact) mass is 272 g/mol. The summed E-state index contributed by atoms with van der Waals surface area (Å²) in [5, 5.41) is 14.9. The van der Waals surface area contributed by atoms with E-state index in [0.29, 0.717) is 5.69 Å². The number of anilines is 1. The van der Waals surface area contributed by atoms with Gasteiger partial charge in [-0.2, -0.15) is 0 Å². The van der Waals surface area contributed by atoms with Crippen molar-refractivity contribution in [2.45, 2.75) is 32.1 Å². The summed E-state index contributed by atoms with van der Waals surface area (Å²) in [6.45, 7) is 4.90. The summed E-state index contributed by atoms with van der Waals surface area (Å²) < 4.78 is 4.96. The summed E-state index contributed by atoms with van der Waals surface area (Å²) in [5.41, 5.74) is -0.341.